The van der Waals surface area contributed by atoms with Crippen LogP contribution in [-0.2, 0) is 10.9 Å². The Morgan fingerprint density at radius 3 is 2.28 bits per heavy atom. The predicted octanol–water partition coefficient (Wildman–Crippen LogP) is 2.84. The van der Waals surface area contributed by atoms with E-state index in [-0.39, 0.29) is 24.6 Å². The van der Waals surface area contributed by atoms with Crippen LogP contribution in [0.2, 0.25) is 0 Å². The van der Waals surface area contributed by atoms with E-state index in [0.29, 0.717) is 11.9 Å². The fraction of sp³-hybridized carbons (Fsp3) is 0.292. The first kappa shape index (κ1) is 25.4. The zero-order valence-electron chi connectivity index (χ0n) is 18.6. The lowest BCUT2D eigenvalue weighted by Crippen LogP contribution is -2.57. The lowest BCUT2D eigenvalue weighted by molar-refractivity contribution is -0.150. The minimum absolute atomic E-state index is 0.0824. The maximum absolute atomic E-state index is 12.8. The molecule has 0 saturated carbocycles. The summed E-state index contributed by atoms with van der Waals surface area (Å²) in [5.74, 6) is -0.739. The van der Waals surface area contributed by atoms with Gasteiger partial charge in [0.1, 0.15) is 36.5 Å². The van der Waals surface area contributed by atoms with Gasteiger partial charge in [-0.05, 0) is 35.4 Å². The third kappa shape index (κ3) is 5.90. The number of ether oxygens (including phenoxy) is 2. The highest BCUT2D eigenvalue weighted by Gasteiger charge is 2.39. The highest BCUT2D eigenvalue weighted by atomic mass is 19.4. The summed E-state index contributed by atoms with van der Waals surface area (Å²) < 4.78 is 49.7. The first-order valence-electron chi connectivity index (χ1n) is 10.8. The van der Waals surface area contributed by atoms with Gasteiger partial charge in [0.05, 0.1) is 30.6 Å². The zero-order valence-corrected chi connectivity index (χ0v) is 18.6. The van der Waals surface area contributed by atoms with Crippen molar-refractivity contribution in [3.63, 3.8) is 0 Å². The second-order valence-electron chi connectivity index (χ2n) is 8.11. The Morgan fingerprint density at radius 1 is 1.03 bits per heavy atom. The van der Waals surface area contributed by atoms with Crippen molar-refractivity contribution in [3.8, 4) is 16.9 Å². The van der Waals surface area contributed by atoms with Gasteiger partial charge in [0.15, 0.2) is 5.69 Å². The summed E-state index contributed by atoms with van der Waals surface area (Å²) >= 11 is 0. The van der Waals surface area contributed by atoms with E-state index in [1.807, 2.05) is 0 Å². The van der Waals surface area contributed by atoms with E-state index in [9.17, 15) is 28.2 Å². The summed E-state index contributed by atoms with van der Waals surface area (Å²) in [5.41, 5.74) is 0.668. The number of halogens is 3. The number of carboxylic acids is 1. The van der Waals surface area contributed by atoms with Crippen LogP contribution in [0.5, 0.6) is 5.75 Å². The average Bonchev–Trinajstić information content (AvgIpc) is 2.86. The molecule has 0 radical (unpaired) electrons. The van der Waals surface area contributed by atoms with E-state index in [1.165, 1.54) is 12.1 Å². The standard InChI is InChI=1S/C24H22F3N3O6/c25-24(26,27)19-9-28-10-20(30-19)29-17-11-36-18(22(32)21(17)31)12-35-16-7-5-14(6-8-16)13-1-3-15(4-2-13)23(33)34/h1-10,17-18,21-22,31-32H,11-12H2,(H,29,30)(H,33,34)/t17-,18+,21+,22-/m0/s1. The molecule has 0 spiro atoms. The number of hydrogen-bond donors (Lipinski definition) is 4. The van der Waals surface area contributed by atoms with Crippen molar-refractivity contribution < 1.29 is 42.8 Å². The van der Waals surface area contributed by atoms with Crippen LogP contribution in [0.4, 0.5) is 19.0 Å². The Hall–Kier alpha value is -3.74. The second-order valence-corrected chi connectivity index (χ2v) is 8.11. The van der Waals surface area contributed by atoms with Crippen LogP contribution in [0.15, 0.2) is 60.9 Å². The van der Waals surface area contributed by atoms with Crippen molar-refractivity contribution in [2.45, 2.75) is 30.5 Å². The van der Waals surface area contributed by atoms with Crippen molar-refractivity contribution in [2.75, 3.05) is 18.5 Å². The molecule has 0 bridgehead atoms. The van der Waals surface area contributed by atoms with Crippen LogP contribution in [0.1, 0.15) is 16.1 Å². The topological polar surface area (TPSA) is 134 Å². The third-order valence-corrected chi connectivity index (χ3v) is 5.62. The molecular formula is C24H22F3N3O6. The van der Waals surface area contributed by atoms with Crippen LogP contribution < -0.4 is 10.1 Å². The van der Waals surface area contributed by atoms with Crippen LogP contribution in [-0.4, -0.2) is 68.8 Å². The van der Waals surface area contributed by atoms with E-state index in [1.54, 1.807) is 36.4 Å². The lowest BCUT2D eigenvalue weighted by Gasteiger charge is -2.37. The van der Waals surface area contributed by atoms with Crippen LogP contribution >= 0.6 is 0 Å². The fourth-order valence-corrected chi connectivity index (χ4v) is 3.65. The Morgan fingerprint density at radius 2 is 1.67 bits per heavy atom. The molecule has 9 nitrogen and oxygen atoms in total. The molecule has 0 aliphatic carbocycles. The molecule has 3 aromatic rings. The van der Waals surface area contributed by atoms with Gasteiger partial charge in [-0.3, -0.25) is 4.98 Å². The molecule has 190 valence electrons. The van der Waals surface area contributed by atoms with Crippen LogP contribution in [0, 0.1) is 0 Å². The van der Waals surface area contributed by atoms with Crippen molar-refractivity contribution in [3.05, 3.63) is 72.2 Å². The fourth-order valence-electron chi connectivity index (χ4n) is 3.65. The molecular weight excluding hydrogens is 483 g/mol. The number of carboxylic acid groups (broad SMARTS) is 1. The summed E-state index contributed by atoms with van der Waals surface area (Å²) in [7, 11) is 0. The first-order chi connectivity index (χ1) is 17.1. The lowest BCUT2D eigenvalue weighted by atomic mass is 9.98. The minimum Gasteiger partial charge on any atom is -0.491 e. The van der Waals surface area contributed by atoms with Crippen molar-refractivity contribution in [2.24, 2.45) is 0 Å². The maximum atomic E-state index is 12.8. The quantitative estimate of drug-likeness (QED) is 0.382. The largest absolute Gasteiger partial charge is 0.491 e. The van der Waals surface area contributed by atoms with Gasteiger partial charge in [0.25, 0.3) is 0 Å². The average molecular weight is 505 g/mol. The van der Waals surface area contributed by atoms with Gasteiger partial charge < -0.3 is 30.1 Å². The number of aliphatic hydroxyl groups is 2. The number of benzene rings is 2. The molecule has 1 aromatic heterocycles. The predicted molar refractivity (Wildman–Crippen MR) is 121 cm³/mol. The molecule has 1 fully saturated rings. The maximum Gasteiger partial charge on any atom is 0.434 e. The monoisotopic (exact) mass is 505 g/mol. The van der Waals surface area contributed by atoms with Gasteiger partial charge in [0, 0.05) is 0 Å². The summed E-state index contributed by atoms with van der Waals surface area (Å²) in [6.07, 6.45) is -6.62. The molecule has 0 unspecified atom stereocenters. The molecule has 2 aromatic carbocycles. The number of nitrogens with zero attached hydrogens (tertiary/aromatic N) is 2. The number of nitrogens with one attached hydrogen (secondary N) is 1. The number of alkyl halides is 3. The number of aromatic nitrogens is 2. The molecule has 36 heavy (non-hydrogen) atoms. The number of rotatable bonds is 7. The van der Waals surface area contributed by atoms with Gasteiger partial charge in [-0.2, -0.15) is 13.2 Å². The first-order valence-corrected chi connectivity index (χ1v) is 10.8. The number of hydrogen-bond acceptors (Lipinski definition) is 8. The molecule has 4 atom stereocenters. The van der Waals surface area contributed by atoms with Crippen molar-refractivity contribution in [1.29, 1.82) is 0 Å². The molecule has 12 heteroatoms. The minimum atomic E-state index is -4.67. The SMILES string of the molecule is O=C(O)c1ccc(-c2ccc(OC[C@H]3OC[C@H](Nc4cncc(C(F)(F)F)n4)[C@@H](O)[C@H]3O)cc2)cc1. The highest BCUT2D eigenvalue weighted by molar-refractivity contribution is 5.88. The molecule has 4 rings (SSSR count). The molecule has 1 aliphatic rings. The van der Waals surface area contributed by atoms with E-state index in [0.717, 1.165) is 17.3 Å². The van der Waals surface area contributed by atoms with Gasteiger partial charge in [-0.1, -0.05) is 24.3 Å². The molecule has 1 saturated heterocycles. The van der Waals surface area contributed by atoms with E-state index in [4.69, 9.17) is 14.6 Å². The number of carbonyl (C=O) groups is 1. The van der Waals surface area contributed by atoms with Crippen molar-refractivity contribution in [1.82, 2.24) is 9.97 Å². The Bertz CT molecular complexity index is 1190. The third-order valence-electron chi connectivity index (χ3n) is 5.62. The van der Waals surface area contributed by atoms with Crippen LogP contribution in [0.3, 0.4) is 0 Å². The Kier molecular flexibility index (Phi) is 7.38. The normalized spacial score (nSPS) is 22.1. The van der Waals surface area contributed by atoms with E-state index < -0.39 is 42.2 Å². The number of anilines is 1. The van der Waals surface area contributed by atoms with Gasteiger partial charge in [-0.15, -0.1) is 0 Å². The summed E-state index contributed by atoms with van der Waals surface area (Å²) in [4.78, 5) is 17.9. The summed E-state index contributed by atoms with van der Waals surface area (Å²) in [5, 5.41) is 32.5. The summed E-state index contributed by atoms with van der Waals surface area (Å²) in [6, 6.07) is 12.5. The van der Waals surface area contributed by atoms with Crippen molar-refractivity contribution >= 4 is 11.8 Å². The van der Waals surface area contributed by atoms with Gasteiger partial charge in [-0.25, -0.2) is 9.78 Å². The highest BCUT2D eigenvalue weighted by Crippen LogP contribution is 2.28. The smallest absolute Gasteiger partial charge is 0.434 e. The molecule has 4 N–H and O–H groups in total. The molecule has 2 heterocycles. The number of aromatic carboxylic acids is 1. The summed E-state index contributed by atoms with van der Waals surface area (Å²) in [6.45, 7) is -0.198. The Balaban J connectivity index is 1.31. The Labute approximate surface area is 203 Å². The zero-order chi connectivity index (χ0) is 25.9. The van der Waals surface area contributed by atoms with Gasteiger partial charge >= 0.3 is 12.1 Å². The molecule has 1 aliphatic heterocycles. The number of aliphatic hydroxyl groups excluding tert-OH is 2. The van der Waals surface area contributed by atoms with E-state index >= 15 is 0 Å². The van der Waals surface area contributed by atoms with Gasteiger partial charge in [0.2, 0.25) is 0 Å². The molecule has 0 amide bonds. The van der Waals surface area contributed by atoms with E-state index in [2.05, 4.69) is 15.3 Å². The second kappa shape index (κ2) is 10.5. The van der Waals surface area contributed by atoms with Crippen LogP contribution in [0.25, 0.3) is 11.1 Å².